The van der Waals surface area contributed by atoms with E-state index in [0.29, 0.717) is 0 Å². The van der Waals surface area contributed by atoms with Crippen molar-refractivity contribution in [2.45, 2.75) is 19.8 Å². The van der Waals surface area contributed by atoms with Crippen LogP contribution in [0.3, 0.4) is 0 Å². The molecule has 130 valence electrons. The molecule has 5 aromatic rings. The van der Waals surface area contributed by atoms with Crippen LogP contribution in [0.25, 0.3) is 33.1 Å². The molecule has 1 unspecified atom stereocenters. The van der Waals surface area contributed by atoms with E-state index in [-0.39, 0.29) is 5.92 Å². The summed E-state index contributed by atoms with van der Waals surface area (Å²) in [5.74, 6) is 0.254. The molecule has 2 heteroatoms. The molecule has 1 aliphatic rings. The molecule has 0 saturated heterocycles. The third-order valence-electron chi connectivity index (χ3n) is 6.00. The Hall–Kier alpha value is -3.26. The molecular formula is C25H20N2. The second-order valence-corrected chi connectivity index (χ2v) is 7.78. The van der Waals surface area contributed by atoms with Gasteiger partial charge in [0.05, 0.1) is 5.69 Å². The molecule has 2 aromatic heterocycles. The van der Waals surface area contributed by atoms with Crippen LogP contribution in [0.5, 0.6) is 0 Å². The van der Waals surface area contributed by atoms with Gasteiger partial charge in [0.15, 0.2) is 0 Å². The number of hydrogen-bond acceptors (Lipinski definition) is 0. The summed E-state index contributed by atoms with van der Waals surface area (Å²) >= 11 is 0. The highest BCUT2D eigenvalue weighted by Gasteiger charge is 2.34. The van der Waals surface area contributed by atoms with Gasteiger partial charge in [0, 0.05) is 39.5 Å². The lowest BCUT2D eigenvalue weighted by Gasteiger charge is -2.14. The summed E-state index contributed by atoms with van der Waals surface area (Å²) in [5.41, 5.74) is 11.8. The van der Waals surface area contributed by atoms with Gasteiger partial charge in [-0.2, -0.15) is 0 Å². The summed E-state index contributed by atoms with van der Waals surface area (Å²) in [6, 6.07) is 22.3. The summed E-state index contributed by atoms with van der Waals surface area (Å²) in [6.07, 6.45) is 2.20. The number of aromatic nitrogens is 2. The normalized spacial score (nSPS) is 15.4. The van der Waals surface area contributed by atoms with Crippen molar-refractivity contribution in [3.8, 4) is 11.3 Å². The number of benzene rings is 3. The number of aromatic amines is 2. The lowest BCUT2D eigenvalue weighted by atomic mass is 9.88. The zero-order valence-electron chi connectivity index (χ0n) is 15.4. The van der Waals surface area contributed by atoms with Crippen molar-refractivity contribution in [3.63, 3.8) is 0 Å². The van der Waals surface area contributed by atoms with E-state index < -0.39 is 0 Å². The average molecular weight is 348 g/mol. The van der Waals surface area contributed by atoms with Crippen molar-refractivity contribution >= 4 is 21.8 Å². The van der Waals surface area contributed by atoms with Crippen molar-refractivity contribution in [3.05, 3.63) is 94.7 Å². The first-order valence-corrected chi connectivity index (χ1v) is 9.50. The number of rotatable bonds is 1. The molecule has 27 heavy (non-hydrogen) atoms. The minimum atomic E-state index is 0.254. The maximum Gasteiger partial charge on any atom is 0.0510 e. The Labute approximate surface area is 157 Å². The summed E-state index contributed by atoms with van der Waals surface area (Å²) in [4.78, 5) is 7.22. The number of H-pyrrole nitrogens is 2. The molecule has 0 saturated carbocycles. The van der Waals surface area contributed by atoms with Gasteiger partial charge in [-0.25, -0.2) is 0 Å². The van der Waals surface area contributed by atoms with E-state index >= 15 is 0 Å². The number of nitrogens with one attached hydrogen (secondary N) is 2. The van der Waals surface area contributed by atoms with E-state index in [9.17, 15) is 0 Å². The fraction of sp³-hybridized carbons (Fsp3) is 0.120. The summed E-state index contributed by atoms with van der Waals surface area (Å²) in [6.45, 7) is 4.30. The van der Waals surface area contributed by atoms with Crippen LogP contribution in [0.1, 0.15) is 33.7 Å². The van der Waals surface area contributed by atoms with Gasteiger partial charge in [-0.3, -0.25) is 0 Å². The highest BCUT2D eigenvalue weighted by molar-refractivity contribution is 5.98. The van der Waals surface area contributed by atoms with Gasteiger partial charge in [-0.15, -0.1) is 0 Å². The van der Waals surface area contributed by atoms with Crippen LogP contribution in [0, 0.1) is 13.8 Å². The van der Waals surface area contributed by atoms with E-state index in [1.807, 2.05) is 0 Å². The first-order valence-electron chi connectivity index (χ1n) is 9.50. The molecule has 0 radical (unpaired) electrons. The molecule has 1 atom stereocenters. The second kappa shape index (κ2) is 5.14. The fourth-order valence-corrected chi connectivity index (χ4v) is 4.80. The second-order valence-electron chi connectivity index (χ2n) is 7.78. The minimum Gasteiger partial charge on any atom is -0.361 e. The molecule has 1 aliphatic carbocycles. The Morgan fingerprint density at radius 1 is 0.741 bits per heavy atom. The molecule has 0 spiro atoms. The van der Waals surface area contributed by atoms with Crippen molar-refractivity contribution in [1.82, 2.24) is 9.97 Å². The average Bonchev–Trinajstić information content (AvgIpc) is 3.32. The largest absolute Gasteiger partial charge is 0.361 e. The molecule has 0 fully saturated rings. The summed E-state index contributed by atoms with van der Waals surface area (Å²) in [7, 11) is 0. The standard InChI is InChI=1S/C25H20N2/c1-14-7-9-16-20(13-26-21(16)11-14)23-17-5-3-4-6-18(17)25-24(23)19-10-8-15(2)12-22(19)27-25/h3-13,23,26-27H,1-2H3. The summed E-state index contributed by atoms with van der Waals surface area (Å²) in [5, 5.41) is 2.65. The van der Waals surface area contributed by atoms with E-state index in [0.717, 1.165) is 0 Å². The first-order chi connectivity index (χ1) is 13.2. The molecule has 0 amide bonds. The Balaban J connectivity index is 1.71. The monoisotopic (exact) mass is 348 g/mol. The van der Waals surface area contributed by atoms with Gasteiger partial charge >= 0.3 is 0 Å². The molecule has 6 rings (SSSR count). The lowest BCUT2D eigenvalue weighted by Crippen LogP contribution is -1.98. The van der Waals surface area contributed by atoms with Gasteiger partial charge in [0.2, 0.25) is 0 Å². The smallest absolute Gasteiger partial charge is 0.0510 e. The van der Waals surface area contributed by atoms with Crippen LogP contribution in [-0.4, -0.2) is 9.97 Å². The predicted molar refractivity (Wildman–Crippen MR) is 112 cm³/mol. The Bertz CT molecular complexity index is 1350. The van der Waals surface area contributed by atoms with Crippen LogP contribution in [0.4, 0.5) is 0 Å². The van der Waals surface area contributed by atoms with Crippen LogP contribution in [0.2, 0.25) is 0 Å². The third-order valence-corrected chi connectivity index (χ3v) is 6.00. The zero-order valence-corrected chi connectivity index (χ0v) is 15.4. The molecule has 2 nitrogen and oxygen atoms in total. The molecule has 3 aromatic carbocycles. The molecule has 2 N–H and O–H groups in total. The van der Waals surface area contributed by atoms with E-state index in [1.165, 1.54) is 60.9 Å². The minimum absolute atomic E-state index is 0.254. The van der Waals surface area contributed by atoms with Gasteiger partial charge in [0.1, 0.15) is 0 Å². The van der Waals surface area contributed by atoms with Crippen LogP contribution < -0.4 is 0 Å². The van der Waals surface area contributed by atoms with Crippen molar-refractivity contribution in [1.29, 1.82) is 0 Å². The Morgan fingerprint density at radius 3 is 2.33 bits per heavy atom. The Kier molecular flexibility index (Phi) is 2.83. The van der Waals surface area contributed by atoms with E-state index in [2.05, 4.69) is 90.7 Å². The van der Waals surface area contributed by atoms with Crippen molar-refractivity contribution in [2.24, 2.45) is 0 Å². The van der Waals surface area contributed by atoms with Crippen LogP contribution in [-0.2, 0) is 0 Å². The van der Waals surface area contributed by atoms with E-state index in [1.54, 1.807) is 0 Å². The quantitative estimate of drug-likeness (QED) is 0.343. The van der Waals surface area contributed by atoms with Gasteiger partial charge in [-0.05, 0) is 53.8 Å². The topological polar surface area (TPSA) is 31.6 Å². The lowest BCUT2D eigenvalue weighted by molar-refractivity contribution is 1.04. The molecule has 2 heterocycles. The van der Waals surface area contributed by atoms with Gasteiger partial charge in [-0.1, -0.05) is 48.5 Å². The summed E-state index contributed by atoms with van der Waals surface area (Å²) < 4.78 is 0. The highest BCUT2D eigenvalue weighted by atomic mass is 14.7. The molecule has 0 aliphatic heterocycles. The first kappa shape index (κ1) is 14.9. The molecular weight excluding hydrogens is 328 g/mol. The fourth-order valence-electron chi connectivity index (χ4n) is 4.80. The van der Waals surface area contributed by atoms with E-state index in [4.69, 9.17) is 0 Å². The van der Waals surface area contributed by atoms with Crippen LogP contribution in [0.15, 0.2) is 66.9 Å². The zero-order chi connectivity index (χ0) is 18.1. The predicted octanol–water partition coefficient (Wildman–Crippen LogP) is 6.43. The van der Waals surface area contributed by atoms with Crippen LogP contribution >= 0.6 is 0 Å². The van der Waals surface area contributed by atoms with Crippen molar-refractivity contribution < 1.29 is 0 Å². The third kappa shape index (κ3) is 1.95. The Morgan fingerprint density at radius 2 is 1.48 bits per heavy atom. The molecule has 0 bridgehead atoms. The SMILES string of the molecule is Cc1ccc2c(C3c4ccccc4-c4[nH]c5cc(C)ccc5c43)c[nH]c2c1. The number of fused-ring (bicyclic) bond motifs is 6. The number of aryl methyl sites for hydroxylation is 2. The maximum atomic E-state index is 3.71. The van der Waals surface area contributed by atoms with Gasteiger partial charge in [0.25, 0.3) is 0 Å². The highest BCUT2D eigenvalue weighted by Crippen LogP contribution is 2.51. The maximum absolute atomic E-state index is 3.71. The number of hydrogen-bond donors (Lipinski definition) is 2. The van der Waals surface area contributed by atoms with Gasteiger partial charge < -0.3 is 9.97 Å². The van der Waals surface area contributed by atoms with Crippen molar-refractivity contribution in [2.75, 3.05) is 0 Å².